The van der Waals surface area contributed by atoms with Gasteiger partial charge in [-0.15, -0.1) is 0 Å². The highest BCUT2D eigenvalue weighted by molar-refractivity contribution is 5.64. The SMILES string of the molecule is CCCCCCc1ccc(C(C)c2ccc(-c3ccc(OCCCC)cc3)cc2)cn1. The predicted molar refractivity (Wildman–Crippen MR) is 132 cm³/mol. The van der Waals surface area contributed by atoms with Crippen molar-refractivity contribution in [2.75, 3.05) is 6.61 Å². The Morgan fingerprint density at radius 2 is 1.35 bits per heavy atom. The van der Waals surface area contributed by atoms with E-state index in [1.54, 1.807) is 0 Å². The molecule has 0 spiro atoms. The van der Waals surface area contributed by atoms with Crippen molar-refractivity contribution in [1.82, 2.24) is 4.98 Å². The summed E-state index contributed by atoms with van der Waals surface area (Å²) in [5.41, 5.74) is 6.26. The Morgan fingerprint density at radius 1 is 0.710 bits per heavy atom. The van der Waals surface area contributed by atoms with Gasteiger partial charge in [0.05, 0.1) is 6.61 Å². The lowest BCUT2D eigenvalue weighted by Crippen LogP contribution is -1.99. The molecule has 1 unspecified atom stereocenters. The zero-order valence-electron chi connectivity index (χ0n) is 19.4. The summed E-state index contributed by atoms with van der Waals surface area (Å²) in [4.78, 5) is 4.71. The van der Waals surface area contributed by atoms with Crippen LogP contribution in [0, 0.1) is 0 Å². The van der Waals surface area contributed by atoms with E-state index in [1.165, 1.54) is 53.6 Å². The van der Waals surface area contributed by atoms with Gasteiger partial charge in [0, 0.05) is 17.8 Å². The minimum atomic E-state index is 0.338. The van der Waals surface area contributed by atoms with E-state index in [-0.39, 0.29) is 0 Å². The number of hydrogen-bond acceptors (Lipinski definition) is 2. The maximum atomic E-state index is 5.77. The predicted octanol–water partition coefficient (Wildman–Crippen LogP) is 8.20. The number of unbranched alkanes of at least 4 members (excludes halogenated alkanes) is 4. The van der Waals surface area contributed by atoms with Crippen LogP contribution in [0.15, 0.2) is 66.9 Å². The number of ether oxygens (including phenoxy) is 1. The summed E-state index contributed by atoms with van der Waals surface area (Å²) in [7, 11) is 0. The molecule has 0 saturated carbocycles. The molecule has 0 fully saturated rings. The minimum absolute atomic E-state index is 0.338. The van der Waals surface area contributed by atoms with E-state index >= 15 is 0 Å². The standard InChI is InChI=1S/C29H37NO/c1-4-6-8-9-10-28-18-15-27(22-30-28)23(3)24-11-13-25(14-12-24)26-16-19-29(20-17-26)31-21-7-5-2/h11-20,22-23H,4-10,21H2,1-3H3. The van der Waals surface area contributed by atoms with Gasteiger partial charge in [-0.25, -0.2) is 0 Å². The largest absolute Gasteiger partial charge is 0.494 e. The average Bonchev–Trinajstić information content (AvgIpc) is 2.83. The minimum Gasteiger partial charge on any atom is -0.494 e. The summed E-state index contributed by atoms with van der Waals surface area (Å²) in [5.74, 6) is 1.29. The lowest BCUT2D eigenvalue weighted by atomic mass is 9.92. The van der Waals surface area contributed by atoms with E-state index < -0.39 is 0 Å². The molecule has 164 valence electrons. The van der Waals surface area contributed by atoms with Crippen LogP contribution in [0.25, 0.3) is 11.1 Å². The lowest BCUT2D eigenvalue weighted by Gasteiger charge is -2.14. The molecule has 2 aromatic carbocycles. The first-order chi connectivity index (χ1) is 15.2. The molecule has 0 N–H and O–H groups in total. The summed E-state index contributed by atoms with van der Waals surface area (Å²) < 4.78 is 5.77. The quantitative estimate of drug-likeness (QED) is 0.278. The van der Waals surface area contributed by atoms with Crippen LogP contribution < -0.4 is 4.74 Å². The van der Waals surface area contributed by atoms with Crippen LogP contribution in [0.3, 0.4) is 0 Å². The number of aryl methyl sites for hydroxylation is 1. The fourth-order valence-corrected chi connectivity index (χ4v) is 3.81. The summed E-state index contributed by atoms with van der Waals surface area (Å²) >= 11 is 0. The molecule has 0 amide bonds. The van der Waals surface area contributed by atoms with Crippen LogP contribution in [-0.4, -0.2) is 11.6 Å². The van der Waals surface area contributed by atoms with Crippen LogP contribution in [0.5, 0.6) is 5.75 Å². The number of rotatable bonds is 12. The molecule has 0 aliphatic heterocycles. The Balaban J connectivity index is 1.59. The number of pyridine rings is 1. The van der Waals surface area contributed by atoms with E-state index in [4.69, 9.17) is 9.72 Å². The van der Waals surface area contributed by atoms with Gasteiger partial charge in [-0.1, -0.05) is 88.9 Å². The van der Waals surface area contributed by atoms with Gasteiger partial charge in [-0.05, 0) is 59.7 Å². The van der Waals surface area contributed by atoms with Gasteiger partial charge in [-0.2, -0.15) is 0 Å². The van der Waals surface area contributed by atoms with Crippen LogP contribution in [0.2, 0.25) is 0 Å². The van der Waals surface area contributed by atoms with Crippen molar-refractivity contribution in [2.24, 2.45) is 0 Å². The maximum absolute atomic E-state index is 5.77. The molecule has 1 heterocycles. The smallest absolute Gasteiger partial charge is 0.119 e. The van der Waals surface area contributed by atoms with Gasteiger partial charge in [0.15, 0.2) is 0 Å². The Hall–Kier alpha value is -2.61. The molecule has 0 saturated heterocycles. The van der Waals surface area contributed by atoms with E-state index in [1.807, 2.05) is 0 Å². The molecule has 0 aliphatic carbocycles. The Bertz CT molecular complexity index is 882. The molecular weight excluding hydrogens is 378 g/mol. The number of aromatic nitrogens is 1. The number of nitrogens with zero attached hydrogens (tertiary/aromatic N) is 1. The molecule has 31 heavy (non-hydrogen) atoms. The molecule has 0 bridgehead atoms. The Morgan fingerprint density at radius 3 is 1.97 bits per heavy atom. The lowest BCUT2D eigenvalue weighted by molar-refractivity contribution is 0.309. The fraction of sp³-hybridized carbons (Fsp3) is 0.414. The highest BCUT2D eigenvalue weighted by Gasteiger charge is 2.10. The van der Waals surface area contributed by atoms with E-state index in [0.29, 0.717) is 5.92 Å². The van der Waals surface area contributed by atoms with Crippen LogP contribution >= 0.6 is 0 Å². The molecule has 3 aromatic rings. The van der Waals surface area contributed by atoms with Crippen molar-refractivity contribution in [3.05, 3.63) is 83.7 Å². The van der Waals surface area contributed by atoms with E-state index in [9.17, 15) is 0 Å². The van der Waals surface area contributed by atoms with Gasteiger partial charge in [0.2, 0.25) is 0 Å². The number of hydrogen-bond donors (Lipinski definition) is 0. The number of benzene rings is 2. The summed E-state index contributed by atoms with van der Waals surface area (Å²) in [6.07, 6.45) is 10.5. The van der Waals surface area contributed by atoms with Gasteiger partial charge < -0.3 is 4.74 Å². The maximum Gasteiger partial charge on any atom is 0.119 e. The van der Waals surface area contributed by atoms with Crippen molar-refractivity contribution < 1.29 is 4.74 Å². The third-order valence-electron chi connectivity index (χ3n) is 6.00. The second-order valence-electron chi connectivity index (χ2n) is 8.46. The Kier molecular flexibility index (Phi) is 9.15. The molecule has 0 radical (unpaired) electrons. The topological polar surface area (TPSA) is 22.1 Å². The summed E-state index contributed by atoms with van der Waals surface area (Å²) in [6.45, 7) is 7.48. The van der Waals surface area contributed by atoms with Crippen molar-refractivity contribution in [3.63, 3.8) is 0 Å². The normalized spacial score (nSPS) is 12.0. The fourth-order valence-electron chi connectivity index (χ4n) is 3.81. The molecule has 1 atom stereocenters. The van der Waals surface area contributed by atoms with Crippen LogP contribution in [0.1, 0.15) is 82.0 Å². The highest BCUT2D eigenvalue weighted by Crippen LogP contribution is 2.28. The summed E-state index contributed by atoms with van der Waals surface area (Å²) in [6, 6.07) is 21.8. The van der Waals surface area contributed by atoms with Crippen molar-refractivity contribution in [1.29, 1.82) is 0 Å². The third kappa shape index (κ3) is 6.95. The second kappa shape index (κ2) is 12.3. The van der Waals surface area contributed by atoms with Gasteiger partial charge >= 0.3 is 0 Å². The van der Waals surface area contributed by atoms with Crippen molar-refractivity contribution in [2.45, 2.75) is 71.6 Å². The molecule has 2 nitrogen and oxygen atoms in total. The van der Waals surface area contributed by atoms with Crippen LogP contribution in [-0.2, 0) is 6.42 Å². The summed E-state index contributed by atoms with van der Waals surface area (Å²) in [5, 5.41) is 0. The first-order valence-electron chi connectivity index (χ1n) is 12.0. The molecule has 3 rings (SSSR count). The average molecular weight is 416 g/mol. The van der Waals surface area contributed by atoms with Gasteiger partial charge in [0.25, 0.3) is 0 Å². The zero-order valence-corrected chi connectivity index (χ0v) is 19.4. The Labute approximate surface area is 188 Å². The molecule has 1 aromatic heterocycles. The third-order valence-corrected chi connectivity index (χ3v) is 6.00. The zero-order chi connectivity index (χ0) is 21.9. The molecular formula is C29H37NO. The van der Waals surface area contributed by atoms with Crippen LogP contribution in [0.4, 0.5) is 0 Å². The second-order valence-corrected chi connectivity index (χ2v) is 8.46. The van der Waals surface area contributed by atoms with E-state index in [2.05, 4.69) is 87.6 Å². The first-order valence-corrected chi connectivity index (χ1v) is 12.0. The first kappa shape index (κ1) is 23.1. The van der Waals surface area contributed by atoms with Gasteiger partial charge in [-0.3, -0.25) is 4.98 Å². The van der Waals surface area contributed by atoms with E-state index in [0.717, 1.165) is 31.6 Å². The molecule has 0 aliphatic rings. The van der Waals surface area contributed by atoms with Crippen molar-refractivity contribution in [3.8, 4) is 16.9 Å². The molecule has 2 heteroatoms. The van der Waals surface area contributed by atoms with Gasteiger partial charge in [0.1, 0.15) is 5.75 Å². The highest BCUT2D eigenvalue weighted by atomic mass is 16.5. The van der Waals surface area contributed by atoms with Crippen molar-refractivity contribution >= 4 is 0 Å². The monoisotopic (exact) mass is 415 g/mol.